The first-order valence-corrected chi connectivity index (χ1v) is 5.72. The fourth-order valence-electron chi connectivity index (χ4n) is 2.08. The van der Waals surface area contributed by atoms with E-state index in [4.69, 9.17) is 0 Å². The molecule has 0 aliphatic carbocycles. The van der Waals surface area contributed by atoms with E-state index in [9.17, 15) is 5.11 Å². The molecule has 1 aromatic heterocycles. The standard InChI is InChI=1S/C13H18N2O/c1-8(2)13-14-10-6-5-7-11(16)12(10)15(13)9(3)4/h5-9,16H,1-4H3. The van der Waals surface area contributed by atoms with Gasteiger partial charge in [-0.3, -0.25) is 0 Å². The third-order valence-corrected chi connectivity index (χ3v) is 2.75. The third kappa shape index (κ3) is 1.56. The average Bonchev–Trinajstić information content (AvgIpc) is 2.58. The SMILES string of the molecule is CC(C)c1nc2cccc(O)c2n1C(C)C. The van der Waals surface area contributed by atoms with Gasteiger partial charge in [-0.2, -0.15) is 0 Å². The van der Waals surface area contributed by atoms with Crippen molar-refractivity contribution in [2.45, 2.75) is 39.7 Å². The van der Waals surface area contributed by atoms with Crippen LogP contribution in [0.2, 0.25) is 0 Å². The monoisotopic (exact) mass is 218 g/mol. The first-order chi connectivity index (χ1) is 7.52. The van der Waals surface area contributed by atoms with E-state index in [1.54, 1.807) is 6.07 Å². The summed E-state index contributed by atoms with van der Waals surface area (Å²) in [6, 6.07) is 5.79. The first-order valence-electron chi connectivity index (χ1n) is 5.72. The minimum atomic E-state index is 0.302. The van der Waals surface area contributed by atoms with E-state index < -0.39 is 0 Å². The van der Waals surface area contributed by atoms with Crippen molar-refractivity contribution in [3.63, 3.8) is 0 Å². The Morgan fingerprint density at radius 2 is 1.88 bits per heavy atom. The number of fused-ring (bicyclic) bond motifs is 1. The number of imidazole rings is 1. The van der Waals surface area contributed by atoms with Gasteiger partial charge in [-0.1, -0.05) is 19.9 Å². The second-order valence-corrected chi connectivity index (χ2v) is 4.73. The van der Waals surface area contributed by atoms with Crippen molar-refractivity contribution in [1.82, 2.24) is 9.55 Å². The summed E-state index contributed by atoms with van der Waals surface area (Å²) in [5.41, 5.74) is 1.72. The fourth-order valence-corrected chi connectivity index (χ4v) is 2.08. The van der Waals surface area contributed by atoms with Gasteiger partial charge in [0.05, 0.1) is 5.52 Å². The largest absolute Gasteiger partial charge is 0.506 e. The summed E-state index contributed by atoms with van der Waals surface area (Å²) in [6.45, 7) is 8.47. The number of para-hydroxylation sites is 1. The van der Waals surface area contributed by atoms with Gasteiger partial charge in [0.15, 0.2) is 0 Å². The van der Waals surface area contributed by atoms with Gasteiger partial charge >= 0.3 is 0 Å². The summed E-state index contributed by atoms with van der Waals surface area (Å²) in [7, 11) is 0. The summed E-state index contributed by atoms with van der Waals surface area (Å²) in [5, 5.41) is 9.94. The van der Waals surface area contributed by atoms with Crippen LogP contribution in [0.4, 0.5) is 0 Å². The molecule has 0 saturated heterocycles. The van der Waals surface area contributed by atoms with Crippen LogP contribution in [-0.2, 0) is 0 Å². The number of benzene rings is 1. The van der Waals surface area contributed by atoms with Crippen molar-refractivity contribution in [1.29, 1.82) is 0 Å². The molecule has 0 radical (unpaired) electrons. The van der Waals surface area contributed by atoms with Crippen LogP contribution in [0.1, 0.15) is 45.5 Å². The van der Waals surface area contributed by atoms with Gasteiger partial charge in [0.2, 0.25) is 0 Å². The molecule has 0 bridgehead atoms. The van der Waals surface area contributed by atoms with Crippen molar-refractivity contribution in [3.05, 3.63) is 24.0 Å². The average molecular weight is 218 g/mol. The number of hydrogen-bond donors (Lipinski definition) is 1. The minimum Gasteiger partial charge on any atom is -0.506 e. The number of hydrogen-bond acceptors (Lipinski definition) is 2. The van der Waals surface area contributed by atoms with E-state index in [0.717, 1.165) is 16.9 Å². The van der Waals surface area contributed by atoms with Gasteiger partial charge in [0.1, 0.15) is 17.1 Å². The van der Waals surface area contributed by atoms with Crippen LogP contribution in [-0.4, -0.2) is 14.7 Å². The van der Waals surface area contributed by atoms with E-state index in [1.165, 1.54) is 0 Å². The second kappa shape index (κ2) is 3.81. The predicted molar refractivity (Wildman–Crippen MR) is 65.9 cm³/mol. The van der Waals surface area contributed by atoms with Crippen molar-refractivity contribution in [3.8, 4) is 5.75 Å². The summed E-state index contributed by atoms with van der Waals surface area (Å²) in [6.07, 6.45) is 0. The Morgan fingerprint density at radius 3 is 2.44 bits per heavy atom. The highest BCUT2D eigenvalue weighted by Gasteiger charge is 2.17. The van der Waals surface area contributed by atoms with Gasteiger partial charge in [0, 0.05) is 12.0 Å². The minimum absolute atomic E-state index is 0.302. The maximum Gasteiger partial charge on any atom is 0.141 e. The number of phenolic OH excluding ortho intramolecular Hbond substituents is 1. The molecule has 0 aliphatic heterocycles. The van der Waals surface area contributed by atoms with Crippen LogP contribution in [0, 0.1) is 0 Å². The van der Waals surface area contributed by atoms with Crippen LogP contribution in [0.3, 0.4) is 0 Å². The topological polar surface area (TPSA) is 38.1 Å². The van der Waals surface area contributed by atoms with Crippen LogP contribution < -0.4 is 0 Å². The van der Waals surface area contributed by atoms with Crippen molar-refractivity contribution in [2.75, 3.05) is 0 Å². The van der Waals surface area contributed by atoms with Gasteiger partial charge in [-0.15, -0.1) is 0 Å². The molecule has 0 aliphatic rings. The Kier molecular flexibility index (Phi) is 2.62. The van der Waals surface area contributed by atoms with Crippen LogP contribution in [0.15, 0.2) is 18.2 Å². The molecular weight excluding hydrogens is 200 g/mol. The lowest BCUT2D eigenvalue weighted by molar-refractivity contribution is 0.472. The Morgan fingerprint density at radius 1 is 1.19 bits per heavy atom. The summed E-state index contributed by atoms with van der Waals surface area (Å²) in [4.78, 5) is 4.60. The summed E-state index contributed by atoms with van der Waals surface area (Å²) < 4.78 is 2.12. The van der Waals surface area contributed by atoms with E-state index >= 15 is 0 Å². The molecule has 0 atom stereocenters. The summed E-state index contributed by atoms with van der Waals surface area (Å²) >= 11 is 0. The highest BCUT2D eigenvalue weighted by atomic mass is 16.3. The highest BCUT2D eigenvalue weighted by molar-refractivity contribution is 5.82. The lowest BCUT2D eigenvalue weighted by Gasteiger charge is -2.15. The number of nitrogens with zero attached hydrogens (tertiary/aromatic N) is 2. The maximum atomic E-state index is 9.94. The molecule has 0 saturated carbocycles. The molecule has 2 rings (SSSR count). The van der Waals surface area contributed by atoms with Crippen LogP contribution >= 0.6 is 0 Å². The molecule has 0 amide bonds. The molecule has 86 valence electrons. The third-order valence-electron chi connectivity index (χ3n) is 2.75. The molecular formula is C13H18N2O. The Bertz CT molecular complexity index is 512. The maximum absolute atomic E-state index is 9.94. The zero-order chi connectivity index (χ0) is 11.9. The van der Waals surface area contributed by atoms with E-state index in [2.05, 4.69) is 37.2 Å². The van der Waals surface area contributed by atoms with E-state index in [0.29, 0.717) is 17.7 Å². The molecule has 16 heavy (non-hydrogen) atoms. The number of rotatable bonds is 2. The molecule has 0 unspecified atom stereocenters. The number of aromatic hydroxyl groups is 1. The molecule has 3 heteroatoms. The smallest absolute Gasteiger partial charge is 0.141 e. The normalized spacial score (nSPS) is 11.9. The van der Waals surface area contributed by atoms with E-state index in [1.807, 2.05) is 12.1 Å². The summed E-state index contributed by atoms with van der Waals surface area (Å²) in [5.74, 6) is 1.70. The number of phenols is 1. The molecule has 1 heterocycles. The Balaban J connectivity index is 2.83. The van der Waals surface area contributed by atoms with Crippen molar-refractivity contribution < 1.29 is 5.11 Å². The van der Waals surface area contributed by atoms with Crippen molar-refractivity contribution in [2.24, 2.45) is 0 Å². The van der Waals surface area contributed by atoms with Gasteiger partial charge in [-0.05, 0) is 26.0 Å². The molecule has 1 N–H and O–H groups in total. The molecule has 3 nitrogen and oxygen atoms in total. The molecule has 2 aromatic rings. The lowest BCUT2D eigenvalue weighted by Crippen LogP contribution is -2.07. The molecule has 1 aromatic carbocycles. The second-order valence-electron chi connectivity index (χ2n) is 4.73. The van der Waals surface area contributed by atoms with Gasteiger partial charge < -0.3 is 9.67 Å². The lowest BCUT2D eigenvalue weighted by atomic mass is 10.2. The number of aromatic nitrogens is 2. The van der Waals surface area contributed by atoms with Gasteiger partial charge in [0.25, 0.3) is 0 Å². The van der Waals surface area contributed by atoms with Crippen LogP contribution in [0.25, 0.3) is 11.0 Å². The van der Waals surface area contributed by atoms with Gasteiger partial charge in [-0.25, -0.2) is 4.98 Å². The zero-order valence-electron chi connectivity index (χ0n) is 10.2. The first kappa shape index (κ1) is 11.0. The van der Waals surface area contributed by atoms with Crippen molar-refractivity contribution >= 4 is 11.0 Å². The predicted octanol–water partition coefficient (Wildman–Crippen LogP) is 3.45. The highest BCUT2D eigenvalue weighted by Crippen LogP contribution is 2.31. The Labute approximate surface area is 95.7 Å². The Hall–Kier alpha value is -1.51. The fraction of sp³-hybridized carbons (Fsp3) is 0.462. The van der Waals surface area contributed by atoms with E-state index in [-0.39, 0.29) is 0 Å². The quantitative estimate of drug-likeness (QED) is 0.838. The van der Waals surface area contributed by atoms with Crippen LogP contribution in [0.5, 0.6) is 5.75 Å². The zero-order valence-corrected chi connectivity index (χ0v) is 10.2. The molecule has 0 spiro atoms. The molecule has 0 fully saturated rings.